The fourth-order valence-corrected chi connectivity index (χ4v) is 4.21. The van der Waals surface area contributed by atoms with Crippen LogP contribution >= 0.6 is 0 Å². The van der Waals surface area contributed by atoms with Crippen LogP contribution in [0.1, 0.15) is 72.4 Å². The van der Waals surface area contributed by atoms with Gasteiger partial charge in [0.2, 0.25) is 0 Å². The smallest absolute Gasteiger partial charge is 0.0721 e. The van der Waals surface area contributed by atoms with Crippen molar-refractivity contribution in [3.8, 4) is 0 Å². The van der Waals surface area contributed by atoms with Gasteiger partial charge in [0.25, 0.3) is 0 Å². The molecular formula is C33H40O. The van der Waals surface area contributed by atoms with Crippen LogP contribution in [0.5, 0.6) is 0 Å². The molecule has 1 unspecified atom stereocenters. The predicted molar refractivity (Wildman–Crippen MR) is 146 cm³/mol. The summed E-state index contributed by atoms with van der Waals surface area (Å²) in [4.78, 5) is 0. The summed E-state index contributed by atoms with van der Waals surface area (Å²) in [6.07, 6.45) is 12.9. The summed E-state index contributed by atoms with van der Waals surface area (Å²) in [6.45, 7) is 9.58. The lowest BCUT2D eigenvalue weighted by Gasteiger charge is -2.14. The van der Waals surface area contributed by atoms with E-state index in [9.17, 15) is 0 Å². The Morgan fingerprint density at radius 1 is 0.706 bits per heavy atom. The third kappa shape index (κ3) is 8.47. The lowest BCUT2D eigenvalue weighted by Crippen LogP contribution is -1.98. The predicted octanol–water partition coefficient (Wildman–Crippen LogP) is 8.62. The van der Waals surface area contributed by atoms with Crippen molar-refractivity contribution < 1.29 is 4.74 Å². The molecule has 0 aromatic heterocycles. The Kier molecular flexibility index (Phi) is 10.9. The van der Waals surface area contributed by atoms with Crippen molar-refractivity contribution in [3.05, 3.63) is 131 Å². The highest BCUT2D eigenvalue weighted by atomic mass is 16.5. The second-order valence-corrected chi connectivity index (χ2v) is 9.12. The molecule has 0 N–H and O–H groups in total. The number of benzene rings is 3. The van der Waals surface area contributed by atoms with Crippen LogP contribution in [0.15, 0.2) is 97.6 Å². The first kappa shape index (κ1) is 25.7. The largest absolute Gasteiger partial charge is 0.373 e. The lowest BCUT2D eigenvalue weighted by molar-refractivity contribution is 0.148. The van der Waals surface area contributed by atoms with Gasteiger partial charge in [0.15, 0.2) is 0 Å². The van der Waals surface area contributed by atoms with E-state index in [1.807, 2.05) is 6.08 Å². The fraction of sp³-hybridized carbons (Fsp3) is 0.333. The molecule has 3 aromatic rings. The molecule has 34 heavy (non-hydrogen) atoms. The Hall–Kier alpha value is -2.90. The zero-order chi connectivity index (χ0) is 24.0. The minimum atomic E-state index is 0.389. The molecule has 0 fully saturated rings. The summed E-state index contributed by atoms with van der Waals surface area (Å²) in [5, 5.41) is 0. The number of unbranched alkanes of at least 4 members (excludes halogenated alkanes) is 1. The van der Waals surface area contributed by atoms with Gasteiger partial charge in [-0.3, -0.25) is 0 Å². The molecule has 3 aromatic carbocycles. The number of hydrogen-bond donors (Lipinski definition) is 0. The SMILES string of the molecule is C=CCc1ccc(CCCCc2ccc(C(C)c3ccc(COC/C=C/CC)cc3)cc2)cc1. The van der Waals surface area contributed by atoms with E-state index in [2.05, 4.69) is 105 Å². The summed E-state index contributed by atoms with van der Waals surface area (Å²) in [5.74, 6) is 0.389. The van der Waals surface area contributed by atoms with E-state index in [0.717, 1.165) is 25.7 Å². The Morgan fingerprint density at radius 2 is 1.21 bits per heavy atom. The molecule has 0 aliphatic carbocycles. The van der Waals surface area contributed by atoms with Gasteiger partial charge in [0.05, 0.1) is 13.2 Å². The molecule has 0 aliphatic heterocycles. The van der Waals surface area contributed by atoms with Crippen LogP contribution in [-0.4, -0.2) is 6.61 Å². The van der Waals surface area contributed by atoms with Gasteiger partial charge in [-0.15, -0.1) is 6.58 Å². The van der Waals surface area contributed by atoms with Gasteiger partial charge < -0.3 is 4.74 Å². The molecule has 0 aliphatic rings. The average molecular weight is 453 g/mol. The van der Waals surface area contributed by atoms with E-state index < -0.39 is 0 Å². The van der Waals surface area contributed by atoms with E-state index in [1.54, 1.807) is 0 Å². The van der Waals surface area contributed by atoms with Gasteiger partial charge in [-0.1, -0.05) is 105 Å². The van der Waals surface area contributed by atoms with Crippen LogP contribution in [-0.2, 0) is 30.6 Å². The summed E-state index contributed by atoms with van der Waals surface area (Å²) in [6, 6.07) is 27.1. The van der Waals surface area contributed by atoms with Crippen molar-refractivity contribution in [2.45, 2.75) is 64.9 Å². The summed E-state index contributed by atoms with van der Waals surface area (Å²) < 4.78 is 5.71. The molecule has 0 heterocycles. The molecular weight excluding hydrogens is 412 g/mol. The van der Waals surface area contributed by atoms with Gasteiger partial charge in [0, 0.05) is 5.92 Å². The van der Waals surface area contributed by atoms with E-state index in [0.29, 0.717) is 19.1 Å². The Labute approximate surface area is 207 Å². The Morgan fingerprint density at radius 3 is 1.74 bits per heavy atom. The number of rotatable bonds is 14. The van der Waals surface area contributed by atoms with Gasteiger partial charge in [-0.05, 0) is 71.9 Å². The fourth-order valence-electron chi connectivity index (χ4n) is 4.21. The number of allylic oxidation sites excluding steroid dienone is 2. The van der Waals surface area contributed by atoms with Gasteiger partial charge in [0.1, 0.15) is 0 Å². The summed E-state index contributed by atoms with van der Waals surface area (Å²) in [7, 11) is 0. The molecule has 1 heteroatoms. The maximum atomic E-state index is 5.71. The zero-order valence-electron chi connectivity index (χ0n) is 21.0. The molecule has 0 saturated carbocycles. The Balaban J connectivity index is 1.42. The minimum absolute atomic E-state index is 0.389. The van der Waals surface area contributed by atoms with E-state index in [1.165, 1.54) is 46.2 Å². The third-order valence-corrected chi connectivity index (χ3v) is 6.43. The van der Waals surface area contributed by atoms with Crippen LogP contribution in [0, 0.1) is 0 Å². The molecule has 3 rings (SSSR count). The van der Waals surface area contributed by atoms with Crippen molar-refractivity contribution in [1.29, 1.82) is 0 Å². The van der Waals surface area contributed by atoms with Gasteiger partial charge >= 0.3 is 0 Å². The van der Waals surface area contributed by atoms with E-state index in [-0.39, 0.29) is 0 Å². The van der Waals surface area contributed by atoms with Crippen LogP contribution < -0.4 is 0 Å². The van der Waals surface area contributed by atoms with Crippen molar-refractivity contribution in [3.63, 3.8) is 0 Å². The first-order valence-electron chi connectivity index (χ1n) is 12.8. The molecule has 1 atom stereocenters. The number of aryl methyl sites for hydroxylation is 2. The molecule has 0 radical (unpaired) electrons. The maximum absolute atomic E-state index is 5.71. The highest BCUT2D eigenvalue weighted by Gasteiger charge is 2.08. The second-order valence-electron chi connectivity index (χ2n) is 9.12. The topological polar surface area (TPSA) is 9.23 Å². The summed E-state index contributed by atoms with van der Waals surface area (Å²) >= 11 is 0. The van der Waals surface area contributed by atoms with Crippen LogP contribution in [0.25, 0.3) is 0 Å². The molecule has 0 spiro atoms. The van der Waals surface area contributed by atoms with E-state index in [4.69, 9.17) is 4.74 Å². The zero-order valence-corrected chi connectivity index (χ0v) is 21.0. The van der Waals surface area contributed by atoms with Crippen molar-refractivity contribution in [2.75, 3.05) is 6.61 Å². The maximum Gasteiger partial charge on any atom is 0.0721 e. The van der Waals surface area contributed by atoms with Crippen molar-refractivity contribution >= 4 is 0 Å². The van der Waals surface area contributed by atoms with E-state index >= 15 is 0 Å². The quantitative estimate of drug-likeness (QED) is 0.176. The monoisotopic (exact) mass is 452 g/mol. The molecule has 178 valence electrons. The van der Waals surface area contributed by atoms with Gasteiger partial charge in [-0.2, -0.15) is 0 Å². The Bertz CT molecular complexity index is 994. The molecule has 1 nitrogen and oxygen atoms in total. The average Bonchev–Trinajstić information content (AvgIpc) is 2.88. The standard InChI is InChI=1S/C33H40O/c1-4-6-9-25-34-26-31-19-23-33(24-20-31)27(3)32-21-17-30(18-22-32)12-8-7-11-29-15-13-28(10-5-2)14-16-29/h5-6,9,13-24,27H,2,4,7-8,10-12,25-26H2,1,3H3/b9-6+. The molecule has 0 amide bonds. The number of hydrogen-bond acceptors (Lipinski definition) is 1. The van der Waals surface area contributed by atoms with Gasteiger partial charge in [-0.25, -0.2) is 0 Å². The van der Waals surface area contributed by atoms with Crippen LogP contribution in [0.3, 0.4) is 0 Å². The second kappa shape index (κ2) is 14.4. The number of ether oxygens (including phenoxy) is 1. The highest BCUT2D eigenvalue weighted by molar-refractivity contribution is 5.35. The molecule has 0 saturated heterocycles. The first-order valence-corrected chi connectivity index (χ1v) is 12.8. The lowest BCUT2D eigenvalue weighted by atomic mass is 9.91. The third-order valence-electron chi connectivity index (χ3n) is 6.43. The van der Waals surface area contributed by atoms with Crippen LogP contribution in [0.2, 0.25) is 0 Å². The minimum Gasteiger partial charge on any atom is -0.373 e. The van der Waals surface area contributed by atoms with Crippen LogP contribution in [0.4, 0.5) is 0 Å². The summed E-state index contributed by atoms with van der Waals surface area (Å²) in [5.41, 5.74) is 8.15. The first-order chi connectivity index (χ1) is 16.7. The normalized spacial score (nSPS) is 12.2. The highest BCUT2D eigenvalue weighted by Crippen LogP contribution is 2.25. The van der Waals surface area contributed by atoms with Crippen molar-refractivity contribution in [1.82, 2.24) is 0 Å². The molecule has 0 bridgehead atoms. The van der Waals surface area contributed by atoms with Crippen molar-refractivity contribution in [2.24, 2.45) is 0 Å².